The Labute approximate surface area is 75.5 Å². The molecule has 0 aromatic carbocycles. The summed E-state index contributed by atoms with van der Waals surface area (Å²) in [6, 6.07) is 3.36. The van der Waals surface area contributed by atoms with Gasteiger partial charge in [-0.15, -0.1) is 0 Å². The van der Waals surface area contributed by atoms with Crippen LogP contribution >= 0.6 is 0 Å². The number of hydrogen-bond acceptors (Lipinski definition) is 4. The van der Waals surface area contributed by atoms with Crippen LogP contribution in [0.5, 0.6) is 0 Å². The van der Waals surface area contributed by atoms with Crippen LogP contribution in [0.4, 0.5) is 0 Å². The third-order valence-electron chi connectivity index (χ3n) is 1.41. The molecule has 0 bridgehead atoms. The molecule has 1 atom stereocenters. The molecule has 4 heteroatoms. The highest BCUT2D eigenvalue weighted by molar-refractivity contribution is 5.74. The van der Waals surface area contributed by atoms with Gasteiger partial charge in [-0.25, -0.2) is 0 Å². The first-order valence-corrected chi connectivity index (χ1v) is 3.89. The monoisotopic (exact) mass is 182 g/mol. The molecule has 0 saturated carbocycles. The third-order valence-corrected chi connectivity index (χ3v) is 1.41. The third kappa shape index (κ3) is 3.11. The number of esters is 1. The van der Waals surface area contributed by atoms with E-state index >= 15 is 0 Å². The Morgan fingerprint density at radius 1 is 1.77 bits per heavy atom. The van der Waals surface area contributed by atoms with Crippen LogP contribution in [0.25, 0.3) is 0 Å². The number of hydrogen-bond donors (Lipinski definition) is 0. The molecule has 0 saturated heterocycles. The van der Waals surface area contributed by atoms with E-state index in [1.807, 2.05) is 0 Å². The van der Waals surface area contributed by atoms with E-state index in [0.717, 1.165) is 0 Å². The largest absolute Gasteiger partial charge is 0.469 e. The van der Waals surface area contributed by atoms with Crippen molar-refractivity contribution < 1.29 is 18.7 Å². The van der Waals surface area contributed by atoms with E-state index in [1.165, 1.54) is 13.2 Å². The zero-order valence-electron chi connectivity index (χ0n) is 7.23. The number of aldehydes is 1. The number of ether oxygens (including phenoxy) is 1. The van der Waals surface area contributed by atoms with Crippen LogP contribution in [-0.4, -0.2) is 18.4 Å². The van der Waals surface area contributed by atoms with Crippen molar-refractivity contribution in [3.05, 3.63) is 24.2 Å². The second-order valence-electron chi connectivity index (χ2n) is 2.59. The van der Waals surface area contributed by atoms with Gasteiger partial charge in [-0.05, 0) is 19.1 Å². The van der Waals surface area contributed by atoms with Crippen LogP contribution in [0.1, 0.15) is 12.7 Å². The molecule has 1 unspecified atom stereocenters. The standard InChI is InChI=1S/C9H10O4/c1-7(6-10)13-9(11)5-8-3-2-4-12-8/h2-4,6-7H,5H2,1H3. The van der Waals surface area contributed by atoms with Crippen molar-refractivity contribution in [1.29, 1.82) is 0 Å². The Balaban J connectivity index is 2.38. The average molecular weight is 182 g/mol. The van der Waals surface area contributed by atoms with E-state index in [1.54, 1.807) is 12.1 Å². The summed E-state index contributed by atoms with van der Waals surface area (Å²) >= 11 is 0. The Morgan fingerprint density at radius 3 is 3.08 bits per heavy atom. The van der Waals surface area contributed by atoms with Gasteiger partial charge in [-0.2, -0.15) is 0 Å². The maximum absolute atomic E-state index is 11.0. The molecule has 0 fully saturated rings. The zero-order chi connectivity index (χ0) is 9.68. The first kappa shape index (κ1) is 9.51. The molecule has 0 aliphatic carbocycles. The highest BCUT2D eigenvalue weighted by atomic mass is 16.5. The molecular formula is C9H10O4. The van der Waals surface area contributed by atoms with Crippen LogP contribution in [0.3, 0.4) is 0 Å². The van der Waals surface area contributed by atoms with Gasteiger partial charge in [0.25, 0.3) is 0 Å². The van der Waals surface area contributed by atoms with Crippen molar-refractivity contribution in [2.24, 2.45) is 0 Å². The highest BCUT2D eigenvalue weighted by Crippen LogP contribution is 2.02. The Hall–Kier alpha value is -1.58. The molecule has 0 amide bonds. The molecule has 1 rings (SSSR count). The van der Waals surface area contributed by atoms with E-state index < -0.39 is 12.1 Å². The minimum atomic E-state index is -0.692. The van der Waals surface area contributed by atoms with Crippen molar-refractivity contribution in [1.82, 2.24) is 0 Å². The summed E-state index contributed by atoms with van der Waals surface area (Å²) in [5.41, 5.74) is 0. The quantitative estimate of drug-likeness (QED) is 0.514. The van der Waals surface area contributed by atoms with Crippen molar-refractivity contribution in [3.63, 3.8) is 0 Å². The summed E-state index contributed by atoms with van der Waals surface area (Å²) < 4.78 is 9.64. The SMILES string of the molecule is CC(C=O)OC(=O)Cc1ccco1. The van der Waals surface area contributed by atoms with Gasteiger partial charge in [0.05, 0.1) is 6.26 Å². The van der Waals surface area contributed by atoms with E-state index in [-0.39, 0.29) is 6.42 Å². The molecule has 70 valence electrons. The van der Waals surface area contributed by atoms with Gasteiger partial charge in [0.1, 0.15) is 12.2 Å². The minimum Gasteiger partial charge on any atom is -0.469 e. The van der Waals surface area contributed by atoms with Gasteiger partial charge in [-0.1, -0.05) is 0 Å². The zero-order valence-corrected chi connectivity index (χ0v) is 7.23. The summed E-state index contributed by atoms with van der Waals surface area (Å²) in [6.07, 6.45) is 1.42. The molecular weight excluding hydrogens is 172 g/mol. The predicted octanol–water partition coefficient (Wildman–Crippen LogP) is 0.953. The van der Waals surface area contributed by atoms with Crippen LogP contribution in [-0.2, 0) is 20.7 Å². The molecule has 13 heavy (non-hydrogen) atoms. The maximum Gasteiger partial charge on any atom is 0.314 e. The first-order valence-electron chi connectivity index (χ1n) is 3.89. The Bertz CT molecular complexity index is 276. The molecule has 0 spiro atoms. The normalized spacial score (nSPS) is 12.1. The summed E-state index contributed by atoms with van der Waals surface area (Å²) in [4.78, 5) is 21.2. The lowest BCUT2D eigenvalue weighted by Gasteiger charge is -2.04. The fourth-order valence-corrected chi connectivity index (χ4v) is 0.832. The smallest absolute Gasteiger partial charge is 0.314 e. The predicted molar refractivity (Wildman–Crippen MR) is 44.0 cm³/mol. The van der Waals surface area contributed by atoms with Gasteiger partial charge in [0.2, 0.25) is 0 Å². The van der Waals surface area contributed by atoms with Crippen LogP contribution in [0, 0.1) is 0 Å². The topological polar surface area (TPSA) is 56.5 Å². The van der Waals surface area contributed by atoms with Gasteiger partial charge in [0.15, 0.2) is 12.4 Å². The van der Waals surface area contributed by atoms with Crippen LogP contribution in [0.15, 0.2) is 22.8 Å². The Morgan fingerprint density at radius 2 is 2.54 bits per heavy atom. The molecule has 1 aromatic rings. The van der Waals surface area contributed by atoms with Gasteiger partial charge in [-0.3, -0.25) is 9.59 Å². The molecule has 0 radical (unpaired) electrons. The lowest BCUT2D eigenvalue weighted by molar-refractivity contribution is -0.150. The van der Waals surface area contributed by atoms with Crippen LogP contribution < -0.4 is 0 Å². The van der Waals surface area contributed by atoms with Crippen molar-refractivity contribution in [2.45, 2.75) is 19.4 Å². The minimum absolute atomic E-state index is 0.0607. The lowest BCUT2D eigenvalue weighted by Crippen LogP contribution is -2.17. The number of carbonyl (C=O) groups excluding carboxylic acids is 2. The van der Waals surface area contributed by atoms with E-state index in [2.05, 4.69) is 0 Å². The Kier molecular flexibility index (Phi) is 3.25. The number of rotatable bonds is 4. The lowest BCUT2D eigenvalue weighted by atomic mass is 10.3. The van der Waals surface area contributed by atoms with E-state index in [0.29, 0.717) is 12.0 Å². The first-order chi connectivity index (χ1) is 6.22. The second-order valence-corrected chi connectivity index (χ2v) is 2.59. The molecule has 0 aliphatic heterocycles. The van der Waals surface area contributed by atoms with Crippen LogP contribution in [0.2, 0.25) is 0 Å². The molecule has 0 aliphatic rings. The highest BCUT2D eigenvalue weighted by Gasteiger charge is 2.10. The van der Waals surface area contributed by atoms with E-state index in [4.69, 9.17) is 9.15 Å². The molecule has 1 heterocycles. The van der Waals surface area contributed by atoms with Crippen molar-refractivity contribution >= 4 is 12.3 Å². The fourth-order valence-electron chi connectivity index (χ4n) is 0.832. The van der Waals surface area contributed by atoms with Gasteiger partial charge < -0.3 is 9.15 Å². The summed E-state index contributed by atoms with van der Waals surface area (Å²) in [6.45, 7) is 1.51. The maximum atomic E-state index is 11.0. The number of furan rings is 1. The van der Waals surface area contributed by atoms with Gasteiger partial charge in [0, 0.05) is 0 Å². The fraction of sp³-hybridized carbons (Fsp3) is 0.333. The average Bonchev–Trinajstić information content (AvgIpc) is 2.56. The van der Waals surface area contributed by atoms with Gasteiger partial charge >= 0.3 is 5.97 Å². The second kappa shape index (κ2) is 4.45. The van der Waals surface area contributed by atoms with Crippen molar-refractivity contribution in [3.8, 4) is 0 Å². The van der Waals surface area contributed by atoms with E-state index in [9.17, 15) is 9.59 Å². The summed E-state index contributed by atoms with van der Waals surface area (Å²) in [7, 11) is 0. The summed E-state index contributed by atoms with van der Waals surface area (Å²) in [5, 5.41) is 0. The number of carbonyl (C=O) groups is 2. The van der Waals surface area contributed by atoms with Crippen molar-refractivity contribution in [2.75, 3.05) is 0 Å². The molecule has 4 nitrogen and oxygen atoms in total. The molecule has 0 N–H and O–H groups in total. The molecule has 1 aromatic heterocycles. The summed E-state index contributed by atoms with van der Waals surface area (Å²) in [5.74, 6) is 0.0673.